The second-order valence-corrected chi connectivity index (χ2v) is 5.37. The topological polar surface area (TPSA) is 38.8 Å². The average molecular weight is 213 g/mol. The van der Waals surface area contributed by atoms with E-state index in [0.717, 1.165) is 0 Å². The van der Waals surface area contributed by atoms with Crippen LogP contribution in [-0.2, 0) is 9.47 Å². The predicted octanol–water partition coefficient (Wildman–Crippen LogP) is 1.99. The molecule has 15 heavy (non-hydrogen) atoms. The summed E-state index contributed by atoms with van der Waals surface area (Å²) in [6.45, 7) is 6.70. The normalized spacial score (nSPS) is 26.9. The summed E-state index contributed by atoms with van der Waals surface area (Å²) < 4.78 is 10.8. The minimum atomic E-state index is -0.422. The van der Waals surface area contributed by atoms with Crippen molar-refractivity contribution in [2.45, 2.75) is 45.3 Å². The molecule has 0 aromatic rings. The van der Waals surface area contributed by atoms with Crippen LogP contribution < -0.4 is 0 Å². The molecule has 0 radical (unpaired) electrons. The van der Waals surface area contributed by atoms with Crippen molar-refractivity contribution in [3.63, 3.8) is 0 Å². The van der Waals surface area contributed by atoms with Gasteiger partial charge < -0.3 is 9.47 Å². The lowest BCUT2D eigenvalue weighted by atomic mass is 10.2. The van der Waals surface area contributed by atoms with Crippen LogP contribution in [0.1, 0.15) is 33.6 Å². The van der Waals surface area contributed by atoms with Crippen LogP contribution in [0.2, 0.25) is 0 Å². The molecule has 1 amide bonds. The van der Waals surface area contributed by atoms with Gasteiger partial charge in [0.2, 0.25) is 0 Å². The van der Waals surface area contributed by atoms with Crippen LogP contribution in [0.4, 0.5) is 4.79 Å². The van der Waals surface area contributed by atoms with Gasteiger partial charge in [0.25, 0.3) is 0 Å². The number of carbonyl (C=O) groups excluding carboxylic acids is 1. The molecule has 1 atom stereocenters. The maximum atomic E-state index is 11.7. The first-order valence-electron chi connectivity index (χ1n) is 5.55. The van der Waals surface area contributed by atoms with Crippen LogP contribution >= 0.6 is 0 Å². The fourth-order valence-electron chi connectivity index (χ4n) is 1.72. The van der Waals surface area contributed by atoms with E-state index in [-0.39, 0.29) is 12.2 Å². The first kappa shape index (κ1) is 10.7. The number of carbonyl (C=O) groups is 1. The molecule has 0 aromatic carbocycles. The largest absolute Gasteiger partial charge is 0.444 e. The minimum Gasteiger partial charge on any atom is -0.444 e. The third-order valence-corrected chi connectivity index (χ3v) is 2.64. The smallest absolute Gasteiger partial charge is 0.412 e. The third kappa shape index (κ3) is 2.84. The quantitative estimate of drug-likeness (QED) is 0.668. The summed E-state index contributed by atoms with van der Waals surface area (Å²) in [7, 11) is 0. The number of hydrogen-bond acceptors (Lipinski definition) is 3. The maximum absolute atomic E-state index is 11.7. The number of hydrogen-bond donors (Lipinski definition) is 0. The van der Waals surface area contributed by atoms with E-state index in [1.807, 2.05) is 20.8 Å². The average Bonchev–Trinajstić information content (AvgIpc) is 2.81. The summed E-state index contributed by atoms with van der Waals surface area (Å²) in [5.41, 5.74) is -0.422. The van der Waals surface area contributed by atoms with Gasteiger partial charge in [0, 0.05) is 0 Å². The highest BCUT2D eigenvalue weighted by molar-refractivity contribution is 5.68. The van der Waals surface area contributed by atoms with Gasteiger partial charge in [0.05, 0.1) is 12.6 Å². The van der Waals surface area contributed by atoms with Gasteiger partial charge >= 0.3 is 6.09 Å². The molecule has 0 N–H and O–H groups in total. The molecule has 0 aromatic heterocycles. The van der Waals surface area contributed by atoms with Crippen molar-refractivity contribution < 1.29 is 14.3 Å². The van der Waals surface area contributed by atoms with Crippen LogP contribution in [-0.4, -0.2) is 36.0 Å². The Morgan fingerprint density at radius 3 is 2.60 bits per heavy atom. The van der Waals surface area contributed by atoms with Crippen molar-refractivity contribution in [1.82, 2.24) is 4.90 Å². The fraction of sp³-hybridized carbons (Fsp3) is 0.909. The van der Waals surface area contributed by atoms with Crippen LogP contribution in [0.3, 0.4) is 0 Å². The molecule has 1 aliphatic heterocycles. The highest BCUT2D eigenvalue weighted by atomic mass is 16.6. The molecule has 0 spiro atoms. The fourth-order valence-corrected chi connectivity index (χ4v) is 1.72. The summed E-state index contributed by atoms with van der Waals surface area (Å²) in [6.07, 6.45) is 2.47. The molecule has 1 saturated heterocycles. The molecule has 1 saturated carbocycles. The molecule has 1 heterocycles. The Morgan fingerprint density at radius 2 is 2.07 bits per heavy atom. The number of amides is 1. The van der Waals surface area contributed by atoms with Crippen LogP contribution in [0.5, 0.6) is 0 Å². The second-order valence-electron chi connectivity index (χ2n) is 5.37. The van der Waals surface area contributed by atoms with Crippen molar-refractivity contribution >= 4 is 6.09 Å². The molecule has 1 aliphatic carbocycles. The molecule has 2 fully saturated rings. The van der Waals surface area contributed by atoms with Gasteiger partial charge in [0.1, 0.15) is 12.3 Å². The lowest BCUT2D eigenvalue weighted by Gasteiger charge is -2.23. The van der Waals surface area contributed by atoms with E-state index in [1.165, 1.54) is 12.8 Å². The monoisotopic (exact) mass is 213 g/mol. The van der Waals surface area contributed by atoms with E-state index in [4.69, 9.17) is 9.47 Å². The van der Waals surface area contributed by atoms with Crippen LogP contribution in [0.15, 0.2) is 0 Å². The van der Waals surface area contributed by atoms with E-state index in [0.29, 0.717) is 19.2 Å². The van der Waals surface area contributed by atoms with Gasteiger partial charge in [-0.05, 0) is 39.5 Å². The standard InChI is InChI=1S/C11H19NO3/c1-11(2,3)15-10(13)12-6-9(14-7-12)8-4-5-8/h8-9H,4-7H2,1-3H3. The predicted molar refractivity (Wildman–Crippen MR) is 55.4 cm³/mol. The molecule has 86 valence electrons. The first-order valence-corrected chi connectivity index (χ1v) is 5.55. The summed E-state index contributed by atoms with van der Waals surface area (Å²) >= 11 is 0. The van der Waals surface area contributed by atoms with Gasteiger partial charge in [-0.15, -0.1) is 0 Å². The van der Waals surface area contributed by atoms with Crippen molar-refractivity contribution in [3.05, 3.63) is 0 Å². The Bertz CT molecular complexity index is 255. The zero-order valence-corrected chi connectivity index (χ0v) is 9.66. The summed E-state index contributed by atoms with van der Waals surface area (Å²) in [6, 6.07) is 0. The van der Waals surface area contributed by atoms with E-state index >= 15 is 0 Å². The molecule has 4 nitrogen and oxygen atoms in total. The highest BCUT2D eigenvalue weighted by Gasteiger charge is 2.39. The third-order valence-electron chi connectivity index (χ3n) is 2.64. The van der Waals surface area contributed by atoms with Crippen molar-refractivity contribution in [2.75, 3.05) is 13.3 Å². The Labute approximate surface area is 90.5 Å². The van der Waals surface area contributed by atoms with Gasteiger partial charge in [-0.25, -0.2) is 4.79 Å². The molecule has 2 aliphatic rings. The molecular formula is C11H19NO3. The van der Waals surface area contributed by atoms with Gasteiger partial charge in [-0.1, -0.05) is 0 Å². The number of ether oxygens (including phenoxy) is 2. The van der Waals surface area contributed by atoms with E-state index in [2.05, 4.69) is 0 Å². The minimum absolute atomic E-state index is 0.248. The Morgan fingerprint density at radius 1 is 1.40 bits per heavy atom. The molecule has 4 heteroatoms. The Hall–Kier alpha value is -0.770. The van der Waals surface area contributed by atoms with E-state index < -0.39 is 5.60 Å². The number of rotatable bonds is 1. The van der Waals surface area contributed by atoms with E-state index in [9.17, 15) is 4.79 Å². The zero-order chi connectivity index (χ0) is 11.1. The van der Waals surface area contributed by atoms with Crippen molar-refractivity contribution in [2.24, 2.45) is 5.92 Å². The first-order chi connectivity index (χ1) is 6.96. The zero-order valence-electron chi connectivity index (χ0n) is 9.66. The molecule has 1 unspecified atom stereocenters. The number of nitrogens with zero attached hydrogens (tertiary/aromatic N) is 1. The second kappa shape index (κ2) is 3.67. The Balaban J connectivity index is 1.82. The van der Waals surface area contributed by atoms with Gasteiger partial charge in [-0.2, -0.15) is 0 Å². The van der Waals surface area contributed by atoms with Crippen molar-refractivity contribution in [3.8, 4) is 0 Å². The van der Waals surface area contributed by atoms with Crippen molar-refractivity contribution in [1.29, 1.82) is 0 Å². The van der Waals surface area contributed by atoms with Gasteiger partial charge in [0.15, 0.2) is 0 Å². The van der Waals surface area contributed by atoms with Crippen LogP contribution in [0, 0.1) is 5.92 Å². The Kier molecular flexibility index (Phi) is 2.63. The molecule has 0 bridgehead atoms. The van der Waals surface area contributed by atoms with E-state index in [1.54, 1.807) is 4.90 Å². The summed E-state index contributed by atoms with van der Waals surface area (Å²) in [5.74, 6) is 0.678. The lowest BCUT2D eigenvalue weighted by molar-refractivity contribution is 0.0178. The summed E-state index contributed by atoms with van der Waals surface area (Å²) in [4.78, 5) is 13.3. The molecule has 2 rings (SSSR count). The van der Waals surface area contributed by atoms with Gasteiger partial charge in [-0.3, -0.25) is 4.90 Å². The lowest BCUT2D eigenvalue weighted by Crippen LogP contribution is -2.36. The molecular weight excluding hydrogens is 194 g/mol. The van der Waals surface area contributed by atoms with Crippen LogP contribution in [0.25, 0.3) is 0 Å². The maximum Gasteiger partial charge on any atom is 0.412 e. The SMILES string of the molecule is CC(C)(C)OC(=O)N1COC(C2CC2)C1. The summed E-state index contributed by atoms with van der Waals surface area (Å²) in [5, 5.41) is 0. The highest BCUT2D eigenvalue weighted by Crippen LogP contribution is 2.36.